The molecule has 2 atom stereocenters. The van der Waals surface area contributed by atoms with E-state index in [1.165, 1.54) is 12.4 Å². The molecule has 3 aromatic carbocycles. The smallest absolute Gasteiger partial charge is 0.310 e. The third kappa shape index (κ3) is 14.8. The molecule has 3 aliphatic heterocycles. The summed E-state index contributed by atoms with van der Waals surface area (Å²) in [6.07, 6.45) is 9.86. The number of sulfone groups is 2. The van der Waals surface area contributed by atoms with Crippen LogP contribution in [0.1, 0.15) is 55.6 Å². The van der Waals surface area contributed by atoms with E-state index < -0.39 is 19.7 Å². The molecule has 0 amide bonds. The molecule has 0 radical (unpaired) electrons. The Hall–Kier alpha value is -8.89. The minimum absolute atomic E-state index is 0.117. The molecule has 0 saturated carbocycles. The number of para-hydroxylation sites is 3. The summed E-state index contributed by atoms with van der Waals surface area (Å²) in [5.74, 6) is 3.47. The maximum absolute atomic E-state index is 13.1. The van der Waals surface area contributed by atoms with E-state index in [1.807, 2.05) is 99.1 Å². The van der Waals surface area contributed by atoms with Gasteiger partial charge in [-0.3, -0.25) is 28.4 Å². The van der Waals surface area contributed by atoms with Crippen molar-refractivity contribution in [3.05, 3.63) is 163 Å². The zero-order valence-electron chi connectivity index (χ0n) is 51.2. The van der Waals surface area contributed by atoms with Crippen molar-refractivity contribution in [2.75, 3.05) is 39.9 Å². The number of benzene rings is 3. The quantitative estimate of drug-likeness (QED) is 0.0866. The molecule has 2 N–H and O–H groups in total. The highest BCUT2D eigenvalue weighted by Crippen LogP contribution is 2.37. The number of methoxy groups -OCH3 is 2. The molecule has 89 heavy (non-hydrogen) atoms. The third-order valence-electron chi connectivity index (χ3n) is 14.5. The number of rotatable bonds is 17. The van der Waals surface area contributed by atoms with Gasteiger partial charge in [-0.2, -0.15) is 0 Å². The number of aryl methyl sites for hydroxylation is 3. The lowest BCUT2D eigenvalue weighted by molar-refractivity contribution is 0.159. The van der Waals surface area contributed by atoms with Crippen LogP contribution < -0.4 is 36.6 Å². The van der Waals surface area contributed by atoms with Gasteiger partial charge in [0.15, 0.2) is 0 Å². The largest absolute Gasteiger partial charge is 0.449 e. The van der Waals surface area contributed by atoms with Gasteiger partial charge in [-0.25, -0.2) is 60.8 Å². The fraction of sp³-hybridized carbons (Fsp3) is 0.371. The highest BCUT2D eigenvalue weighted by atomic mass is 32.2. The summed E-state index contributed by atoms with van der Waals surface area (Å²) in [5, 5.41) is -0.569. The number of ether oxygens (including phenoxy) is 5. The molecule has 0 aliphatic carbocycles. The normalized spacial score (nSPS) is 13.8. The van der Waals surface area contributed by atoms with Gasteiger partial charge < -0.3 is 29.4 Å². The number of fused-ring (bicyclic) bond motifs is 3. The molecule has 25 nitrogen and oxygen atoms in total. The van der Waals surface area contributed by atoms with Crippen LogP contribution in [0.2, 0.25) is 0 Å². The molecule has 0 fully saturated rings. The van der Waals surface area contributed by atoms with E-state index in [2.05, 4.69) is 36.6 Å². The van der Waals surface area contributed by atoms with Crippen LogP contribution in [0.5, 0.6) is 34.5 Å². The van der Waals surface area contributed by atoms with Crippen LogP contribution in [-0.4, -0.2) is 121 Å². The van der Waals surface area contributed by atoms with E-state index in [9.17, 15) is 31.2 Å². The lowest BCUT2D eigenvalue weighted by Gasteiger charge is -2.12. The zero-order chi connectivity index (χ0) is 63.7. The molecular formula is C62H73N13O12S2. The Bertz CT molecular complexity index is 4240. The first-order valence-electron chi connectivity index (χ1n) is 28.9. The molecule has 470 valence electrons. The van der Waals surface area contributed by atoms with Crippen molar-refractivity contribution >= 4 is 19.7 Å². The molecule has 6 aromatic heterocycles. The second-order valence-corrected chi connectivity index (χ2v) is 25.7. The maximum Gasteiger partial charge on any atom is 0.310 e. The topological polar surface area (TPSA) is 299 Å². The summed E-state index contributed by atoms with van der Waals surface area (Å²) in [5.41, 5.74) is 10.4. The summed E-state index contributed by atoms with van der Waals surface area (Å²) in [6.45, 7) is 14.9. The summed E-state index contributed by atoms with van der Waals surface area (Å²) >= 11 is 0. The van der Waals surface area contributed by atoms with E-state index in [1.54, 1.807) is 68.1 Å². The van der Waals surface area contributed by atoms with Crippen molar-refractivity contribution in [2.45, 2.75) is 116 Å². The first-order valence-corrected chi connectivity index (χ1v) is 32.7. The van der Waals surface area contributed by atoms with Crippen molar-refractivity contribution in [1.29, 1.82) is 0 Å². The van der Waals surface area contributed by atoms with Crippen molar-refractivity contribution in [3.63, 3.8) is 0 Å². The Labute approximate surface area is 515 Å². The van der Waals surface area contributed by atoms with E-state index in [0.29, 0.717) is 110 Å². The zero-order valence-corrected chi connectivity index (χ0v) is 52.8. The lowest BCUT2D eigenvalue weighted by Crippen LogP contribution is -2.20. The van der Waals surface area contributed by atoms with Gasteiger partial charge in [0.05, 0.1) is 23.7 Å². The van der Waals surface area contributed by atoms with Gasteiger partial charge in [0.1, 0.15) is 40.2 Å². The molecule has 0 unspecified atom stereocenters. The first kappa shape index (κ1) is 64.6. The molecule has 9 heterocycles. The second kappa shape index (κ2) is 28.1. The minimum atomic E-state index is -3.58. The van der Waals surface area contributed by atoms with Gasteiger partial charge >= 0.3 is 16.7 Å². The molecule has 9 aromatic rings. The third-order valence-corrected chi connectivity index (χ3v) is 16.2. The lowest BCUT2D eigenvalue weighted by atomic mass is 10.1. The van der Waals surface area contributed by atoms with Crippen LogP contribution >= 0.6 is 0 Å². The Morgan fingerprint density at radius 2 is 0.798 bits per heavy atom. The first-order chi connectivity index (χ1) is 42.6. The Morgan fingerprint density at radius 3 is 1.11 bits per heavy atom. The number of hydrogen-bond acceptors (Lipinski definition) is 19. The van der Waals surface area contributed by atoms with Crippen molar-refractivity contribution in [3.8, 4) is 68.7 Å². The fourth-order valence-corrected chi connectivity index (χ4v) is 11.4. The summed E-state index contributed by atoms with van der Waals surface area (Å²) < 4.78 is 85.9. The van der Waals surface area contributed by atoms with Crippen LogP contribution in [0.15, 0.2) is 134 Å². The van der Waals surface area contributed by atoms with E-state index >= 15 is 0 Å². The van der Waals surface area contributed by atoms with E-state index in [0.717, 1.165) is 66.5 Å². The SMILES string of the molecule is COC[C@H](C)Cc1nccc(-c2c(Oc3ccccc3C)c(=O)n3n2CCC3)n1.COC[C@H](C)N.Cc1ccccc1Oc1c(-c2ccnc(S(C)(=O)=O)n2)n2n(c1=O)CCC2.Cc1ccccc1Oc1c(-c2ccnc(S(C)(=O)=O)n2)n2n(c1=O)CCC2. The van der Waals surface area contributed by atoms with Gasteiger partial charge in [0, 0.05) is 104 Å². The molecule has 27 heteroatoms. The van der Waals surface area contributed by atoms with Gasteiger partial charge in [-0.15, -0.1) is 0 Å². The predicted molar refractivity (Wildman–Crippen MR) is 333 cm³/mol. The number of nitrogens with zero attached hydrogens (tertiary/aromatic N) is 12. The predicted octanol–water partition coefficient (Wildman–Crippen LogP) is 7.45. The molecule has 3 aliphatic rings. The highest BCUT2D eigenvalue weighted by Gasteiger charge is 2.31. The Kier molecular flexibility index (Phi) is 20.4. The monoisotopic (exact) mass is 1260 g/mol. The summed E-state index contributed by atoms with van der Waals surface area (Å²) in [4.78, 5) is 64.1. The summed E-state index contributed by atoms with van der Waals surface area (Å²) in [6, 6.07) is 27.7. The Morgan fingerprint density at radius 1 is 0.472 bits per heavy atom. The van der Waals surface area contributed by atoms with Crippen molar-refractivity contribution < 1.29 is 40.5 Å². The van der Waals surface area contributed by atoms with Gasteiger partial charge in [0.2, 0.25) is 47.2 Å². The van der Waals surface area contributed by atoms with Crippen molar-refractivity contribution in [1.82, 2.24) is 58.0 Å². The standard InChI is InChI=1S/C22H26N4O3.2C18H18N4O4S.C4H11NO/c1-15(14-28-3)13-19-23-10-9-17(24-19)20-21(22(27)26-12-6-11-25(20)26)29-18-8-5-4-7-16(18)2;2*1-12-6-3-4-7-14(12)26-16-15(21-10-5-11-22(21)17(16)23)13-8-9-19-18(20-13)27(2,24)25;1-4(5)3-6-2/h4-5,7-10,15H,6,11-14H2,1-3H3;2*3-4,6-9H,5,10-11H2,1-2H3;4H,3,5H2,1-2H3/t15-;;;4-/m1..0/s1. The molecule has 0 bridgehead atoms. The number of aromatic nitrogens is 12. The van der Waals surface area contributed by atoms with Gasteiger partial charge in [-0.1, -0.05) is 61.5 Å². The molecular weight excluding hydrogens is 1180 g/mol. The van der Waals surface area contributed by atoms with E-state index in [-0.39, 0.29) is 44.5 Å². The van der Waals surface area contributed by atoms with Crippen LogP contribution in [0.4, 0.5) is 0 Å². The minimum Gasteiger partial charge on any atom is -0.449 e. The van der Waals surface area contributed by atoms with Crippen LogP contribution in [0, 0.1) is 26.7 Å². The highest BCUT2D eigenvalue weighted by molar-refractivity contribution is 7.90. The van der Waals surface area contributed by atoms with Crippen LogP contribution in [0.25, 0.3) is 34.2 Å². The van der Waals surface area contributed by atoms with Crippen LogP contribution in [0.3, 0.4) is 0 Å². The molecule has 12 rings (SSSR count). The van der Waals surface area contributed by atoms with Gasteiger partial charge in [0.25, 0.3) is 0 Å². The maximum atomic E-state index is 13.1. The summed E-state index contributed by atoms with van der Waals surface area (Å²) in [7, 11) is -3.82. The average Bonchev–Trinajstić information content (AvgIpc) is 1.68. The molecule has 0 saturated heterocycles. The molecule has 0 spiro atoms. The number of hydrogen-bond donors (Lipinski definition) is 1. The Balaban J connectivity index is 0.000000151. The second-order valence-electron chi connectivity index (χ2n) is 21.9. The number of nitrogens with two attached hydrogens (primary N) is 1. The van der Waals surface area contributed by atoms with Gasteiger partial charge in [-0.05, 0) is 106 Å². The fourth-order valence-electron chi connectivity index (χ4n) is 10.4. The average molecular weight is 1260 g/mol. The van der Waals surface area contributed by atoms with Crippen molar-refractivity contribution in [2.24, 2.45) is 11.7 Å². The van der Waals surface area contributed by atoms with Crippen LogP contribution in [-0.2, 0) is 74.8 Å². The van der Waals surface area contributed by atoms with E-state index in [4.69, 9.17) is 29.7 Å².